The Balaban J connectivity index is 1.57. The summed E-state index contributed by atoms with van der Waals surface area (Å²) in [6.07, 6.45) is 2.96. The van der Waals surface area contributed by atoms with Gasteiger partial charge in [-0.3, -0.25) is 0 Å². The number of aryl methyl sites for hydroxylation is 3. The molecule has 0 atom stereocenters. The van der Waals surface area contributed by atoms with Crippen molar-refractivity contribution in [3.8, 4) is 17.6 Å². The smallest absolute Gasteiger partial charge is 0.174 e. The second kappa shape index (κ2) is 8.16. The van der Waals surface area contributed by atoms with Crippen molar-refractivity contribution < 1.29 is 9.47 Å². The molecule has 0 saturated heterocycles. The van der Waals surface area contributed by atoms with E-state index in [0.29, 0.717) is 12.4 Å². The van der Waals surface area contributed by atoms with Crippen molar-refractivity contribution >= 4 is 22.5 Å². The number of hydrogen-bond donors (Lipinski definition) is 0. The highest BCUT2D eigenvalue weighted by atomic mass is 35.5. The summed E-state index contributed by atoms with van der Waals surface area (Å²) in [4.78, 5) is 0. The van der Waals surface area contributed by atoms with E-state index in [1.807, 2.05) is 50.2 Å². The quantitative estimate of drug-likeness (QED) is 0.533. The lowest BCUT2D eigenvalue weighted by molar-refractivity contribution is 0.302. The first-order chi connectivity index (χ1) is 12.6. The van der Waals surface area contributed by atoms with E-state index in [-0.39, 0.29) is 6.61 Å². The molecule has 0 bridgehead atoms. The van der Waals surface area contributed by atoms with E-state index < -0.39 is 0 Å². The van der Waals surface area contributed by atoms with Gasteiger partial charge in [0.25, 0.3) is 0 Å². The molecule has 5 heteroatoms. The normalized spacial score (nSPS) is 10.7. The van der Waals surface area contributed by atoms with Gasteiger partial charge in [0.2, 0.25) is 0 Å². The summed E-state index contributed by atoms with van der Waals surface area (Å²) in [6.45, 7) is 5.55. The maximum atomic E-state index is 8.59. The van der Waals surface area contributed by atoms with Crippen LogP contribution in [0.25, 0.3) is 10.9 Å². The first kappa shape index (κ1) is 18.2. The fourth-order valence-corrected chi connectivity index (χ4v) is 3.10. The number of hydrogen-bond acceptors (Lipinski definition) is 3. The molecule has 0 N–H and O–H groups in total. The van der Waals surface area contributed by atoms with Gasteiger partial charge >= 0.3 is 0 Å². The lowest BCUT2D eigenvalue weighted by Gasteiger charge is -2.11. The lowest BCUT2D eigenvalue weighted by Crippen LogP contribution is -2.04. The Morgan fingerprint density at radius 3 is 2.54 bits per heavy atom. The number of benzene rings is 2. The summed E-state index contributed by atoms with van der Waals surface area (Å²) >= 11 is 6.19. The predicted molar refractivity (Wildman–Crippen MR) is 104 cm³/mol. The van der Waals surface area contributed by atoms with Crippen LogP contribution in [0.1, 0.15) is 17.5 Å². The molecular formula is C21H21ClN2O2. The maximum absolute atomic E-state index is 8.59. The highest BCUT2D eigenvalue weighted by Gasteiger charge is 2.05. The second-order valence-electron chi connectivity index (χ2n) is 6.25. The predicted octanol–water partition coefficient (Wildman–Crippen LogP) is 5.28. The molecule has 0 amide bonds. The monoisotopic (exact) mass is 368 g/mol. The Labute approximate surface area is 158 Å². The number of nitrogens with zero attached hydrogens (tertiary/aromatic N) is 2. The Hall–Kier alpha value is -2.64. The van der Waals surface area contributed by atoms with Crippen molar-refractivity contribution in [3.63, 3.8) is 0 Å². The highest BCUT2D eigenvalue weighted by molar-refractivity contribution is 6.32. The number of ether oxygens (including phenoxy) is 2. The summed E-state index contributed by atoms with van der Waals surface area (Å²) in [5.74, 6) is 1.58. The van der Waals surface area contributed by atoms with E-state index >= 15 is 0 Å². The van der Waals surface area contributed by atoms with Gasteiger partial charge in [0.1, 0.15) is 17.6 Å². The summed E-state index contributed by atoms with van der Waals surface area (Å²) in [7, 11) is 0. The van der Waals surface area contributed by atoms with Crippen LogP contribution in [-0.2, 0) is 6.54 Å². The second-order valence-corrected chi connectivity index (χ2v) is 6.63. The van der Waals surface area contributed by atoms with Gasteiger partial charge in [-0.2, -0.15) is 5.26 Å². The minimum absolute atomic E-state index is 0.0627. The molecule has 0 radical (unpaired) electrons. The zero-order chi connectivity index (χ0) is 18.5. The summed E-state index contributed by atoms with van der Waals surface area (Å²) in [6, 6.07) is 13.9. The van der Waals surface area contributed by atoms with Crippen molar-refractivity contribution in [1.29, 1.82) is 5.26 Å². The van der Waals surface area contributed by atoms with E-state index in [1.165, 1.54) is 0 Å². The Morgan fingerprint density at radius 2 is 1.81 bits per heavy atom. The lowest BCUT2D eigenvalue weighted by atomic mass is 10.1. The third kappa shape index (κ3) is 4.12. The number of rotatable bonds is 7. The molecule has 1 heterocycles. The molecule has 0 aliphatic heterocycles. The van der Waals surface area contributed by atoms with Gasteiger partial charge in [0, 0.05) is 28.7 Å². The molecule has 0 saturated carbocycles. The Kier molecular flexibility index (Phi) is 5.70. The van der Waals surface area contributed by atoms with Crippen LogP contribution >= 0.6 is 11.6 Å². The number of halogens is 1. The molecule has 3 rings (SSSR count). The average molecular weight is 369 g/mol. The van der Waals surface area contributed by atoms with Crippen molar-refractivity contribution in [2.24, 2.45) is 0 Å². The summed E-state index contributed by atoms with van der Waals surface area (Å²) < 4.78 is 13.4. The van der Waals surface area contributed by atoms with E-state index in [0.717, 1.165) is 45.8 Å². The van der Waals surface area contributed by atoms with E-state index in [9.17, 15) is 0 Å². The third-order valence-electron chi connectivity index (χ3n) is 4.27. The van der Waals surface area contributed by atoms with Gasteiger partial charge in [0.05, 0.1) is 6.61 Å². The van der Waals surface area contributed by atoms with Crippen LogP contribution in [0.4, 0.5) is 0 Å². The molecule has 0 aliphatic carbocycles. The largest absolute Gasteiger partial charge is 0.494 e. The van der Waals surface area contributed by atoms with Crippen LogP contribution < -0.4 is 9.47 Å². The summed E-state index contributed by atoms with van der Waals surface area (Å²) in [5, 5.41) is 10.5. The van der Waals surface area contributed by atoms with Crippen molar-refractivity contribution in [2.75, 3.05) is 13.2 Å². The van der Waals surface area contributed by atoms with Gasteiger partial charge in [0.15, 0.2) is 6.61 Å². The molecule has 134 valence electrons. The zero-order valence-electron chi connectivity index (χ0n) is 15.0. The van der Waals surface area contributed by atoms with Crippen LogP contribution in [0.2, 0.25) is 5.02 Å². The fourth-order valence-electron chi connectivity index (χ4n) is 2.99. The molecule has 2 aromatic carbocycles. The van der Waals surface area contributed by atoms with Crippen LogP contribution in [0.3, 0.4) is 0 Å². The summed E-state index contributed by atoms with van der Waals surface area (Å²) in [5.41, 5.74) is 3.22. The van der Waals surface area contributed by atoms with Gasteiger partial charge in [-0.1, -0.05) is 11.6 Å². The van der Waals surface area contributed by atoms with Gasteiger partial charge < -0.3 is 14.0 Å². The molecule has 3 aromatic rings. The number of fused-ring (bicyclic) bond motifs is 1. The first-order valence-corrected chi connectivity index (χ1v) is 8.94. The first-order valence-electron chi connectivity index (χ1n) is 8.56. The van der Waals surface area contributed by atoms with Crippen LogP contribution in [0.5, 0.6) is 11.5 Å². The average Bonchev–Trinajstić information content (AvgIpc) is 3.03. The SMILES string of the molecule is Cc1cc(OCCCn2ccc3cc(OCC#N)ccc32)cc(C)c1Cl. The van der Waals surface area contributed by atoms with Crippen molar-refractivity contribution in [1.82, 2.24) is 4.57 Å². The van der Waals surface area contributed by atoms with Crippen LogP contribution in [-0.4, -0.2) is 17.8 Å². The van der Waals surface area contributed by atoms with Gasteiger partial charge in [-0.05, 0) is 67.8 Å². The molecule has 1 aromatic heterocycles. The number of aromatic nitrogens is 1. The van der Waals surface area contributed by atoms with Crippen molar-refractivity contribution in [2.45, 2.75) is 26.8 Å². The van der Waals surface area contributed by atoms with Gasteiger partial charge in [-0.15, -0.1) is 0 Å². The van der Waals surface area contributed by atoms with Gasteiger partial charge in [-0.25, -0.2) is 0 Å². The third-order valence-corrected chi connectivity index (χ3v) is 4.86. The number of nitriles is 1. The van der Waals surface area contributed by atoms with E-state index in [2.05, 4.69) is 16.8 Å². The molecular weight excluding hydrogens is 348 g/mol. The molecule has 0 fully saturated rings. The minimum atomic E-state index is 0.0627. The molecule has 0 aliphatic rings. The Morgan fingerprint density at radius 1 is 1.04 bits per heavy atom. The molecule has 0 unspecified atom stereocenters. The highest BCUT2D eigenvalue weighted by Crippen LogP contribution is 2.26. The van der Waals surface area contributed by atoms with E-state index in [4.69, 9.17) is 26.3 Å². The molecule has 26 heavy (non-hydrogen) atoms. The molecule has 4 nitrogen and oxygen atoms in total. The van der Waals surface area contributed by atoms with E-state index in [1.54, 1.807) is 0 Å². The fraction of sp³-hybridized carbons (Fsp3) is 0.286. The minimum Gasteiger partial charge on any atom is -0.494 e. The van der Waals surface area contributed by atoms with Crippen LogP contribution in [0.15, 0.2) is 42.6 Å². The van der Waals surface area contributed by atoms with Crippen LogP contribution in [0, 0.1) is 25.2 Å². The maximum Gasteiger partial charge on any atom is 0.174 e. The van der Waals surface area contributed by atoms with Crippen molar-refractivity contribution in [3.05, 3.63) is 58.7 Å². The Bertz CT molecular complexity index is 933. The zero-order valence-corrected chi connectivity index (χ0v) is 15.7. The standard InChI is InChI=1S/C21H21ClN2O2/c1-15-12-19(13-16(2)21(15)22)25-10-3-8-24-9-6-17-14-18(26-11-7-23)4-5-20(17)24/h4-6,9,12-14H,3,8,10-11H2,1-2H3. The topological polar surface area (TPSA) is 47.2 Å². The molecule has 0 spiro atoms.